The largest absolute Gasteiger partial charge is 0.493 e. The molecular weight excluding hydrogens is 526 g/mol. The van der Waals surface area contributed by atoms with Crippen molar-refractivity contribution in [1.82, 2.24) is 24.2 Å². The first-order chi connectivity index (χ1) is 14.3. The van der Waals surface area contributed by atoms with Crippen LogP contribution in [0, 0.1) is 9.65 Å². The van der Waals surface area contributed by atoms with Gasteiger partial charge in [-0.05, 0) is 52.8 Å². The summed E-state index contributed by atoms with van der Waals surface area (Å²) in [7, 11) is -3.36. The van der Waals surface area contributed by atoms with E-state index in [2.05, 4.69) is 48.3 Å². The molecule has 0 spiro atoms. The third-order valence-electron chi connectivity index (χ3n) is 4.92. The van der Waals surface area contributed by atoms with Crippen LogP contribution in [0.1, 0.15) is 23.9 Å². The Morgan fingerprint density at radius 1 is 1.33 bits per heavy atom. The van der Waals surface area contributed by atoms with Gasteiger partial charge >= 0.3 is 6.08 Å². The van der Waals surface area contributed by atoms with E-state index in [1.54, 1.807) is 11.5 Å². The SMILES string of the molecule is CCS(=O)(=O)NCCn1c(Cc2cc3c(cc2I)CCO3)nc2c(N)nc(F)nc21. The second-order valence-corrected chi connectivity index (χ2v) is 10.1. The molecule has 0 radical (unpaired) electrons. The van der Waals surface area contributed by atoms with Crippen molar-refractivity contribution in [3.63, 3.8) is 0 Å². The Morgan fingerprint density at radius 3 is 2.90 bits per heavy atom. The van der Waals surface area contributed by atoms with Gasteiger partial charge < -0.3 is 15.0 Å². The van der Waals surface area contributed by atoms with Crippen LogP contribution in [0.4, 0.5) is 10.2 Å². The Balaban J connectivity index is 1.72. The minimum Gasteiger partial charge on any atom is -0.493 e. The molecule has 0 amide bonds. The molecule has 1 aliphatic rings. The highest BCUT2D eigenvalue weighted by atomic mass is 127. The molecule has 2 aromatic heterocycles. The van der Waals surface area contributed by atoms with Crippen LogP contribution >= 0.6 is 22.6 Å². The molecule has 12 heteroatoms. The first-order valence-corrected chi connectivity index (χ1v) is 12.1. The fraction of sp³-hybridized carbons (Fsp3) is 0.389. The summed E-state index contributed by atoms with van der Waals surface area (Å²) in [6.07, 6.45) is 0.349. The van der Waals surface area contributed by atoms with E-state index >= 15 is 0 Å². The molecule has 3 aromatic rings. The van der Waals surface area contributed by atoms with E-state index in [-0.39, 0.29) is 35.8 Å². The molecule has 3 heterocycles. The number of fused-ring (bicyclic) bond motifs is 2. The second kappa shape index (κ2) is 8.23. The molecule has 30 heavy (non-hydrogen) atoms. The predicted octanol–water partition coefficient (Wildman–Crippen LogP) is 1.62. The molecule has 4 rings (SSSR count). The topological polar surface area (TPSA) is 125 Å². The van der Waals surface area contributed by atoms with E-state index in [9.17, 15) is 12.8 Å². The number of ether oxygens (including phenoxy) is 1. The van der Waals surface area contributed by atoms with E-state index in [0.717, 1.165) is 21.3 Å². The van der Waals surface area contributed by atoms with Crippen molar-refractivity contribution in [1.29, 1.82) is 0 Å². The summed E-state index contributed by atoms with van der Waals surface area (Å²) >= 11 is 2.27. The molecule has 160 valence electrons. The molecule has 3 N–H and O–H groups in total. The summed E-state index contributed by atoms with van der Waals surface area (Å²) in [6, 6.07) is 4.08. The third-order valence-corrected chi connectivity index (χ3v) is 7.33. The number of aromatic nitrogens is 4. The number of anilines is 1. The molecule has 0 fully saturated rings. The van der Waals surface area contributed by atoms with Gasteiger partial charge in [0.15, 0.2) is 17.0 Å². The van der Waals surface area contributed by atoms with Gasteiger partial charge in [0.1, 0.15) is 11.6 Å². The Kier molecular flexibility index (Phi) is 5.81. The van der Waals surface area contributed by atoms with Crippen LogP contribution in [-0.2, 0) is 29.4 Å². The summed E-state index contributed by atoms with van der Waals surface area (Å²) in [4.78, 5) is 11.9. The number of hydrogen-bond acceptors (Lipinski definition) is 7. The lowest BCUT2D eigenvalue weighted by molar-refractivity contribution is 0.356. The van der Waals surface area contributed by atoms with Crippen molar-refractivity contribution in [3.05, 3.63) is 38.7 Å². The molecule has 0 bridgehead atoms. The number of imidazole rings is 1. The highest BCUT2D eigenvalue weighted by Gasteiger charge is 2.20. The smallest absolute Gasteiger partial charge is 0.312 e. The summed E-state index contributed by atoms with van der Waals surface area (Å²) in [5.74, 6) is 1.36. The molecule has 0 atom stereocenters. The summed E-state index contributed by atoms with van der Waals surface area (Å²) < 4.78 is 48.3. The van der Waals surface area contributed by atoms with Gasteiger partial charge in [-0.1, -0.05) is 0 Å². The predicted molar refractivity (Wildman–Crippen MR) is 118 cm³/mol. The van der Waals surface area contributed by atoms with Gasteiger partial charge in [-0.15, -0.1) is 0 Å². The summed E-state index contributed by atoms with van der Waals surface area (Å²) in [5.41, 5.74) is 8.54. The lowest BCUT2D eigenvalue weighted by Crippen LogP contribution is -2.29. The van der Waals surface area contributed by atoms with Crippen molar-refractivity contribution in [2.24, 2.45) is 0 Å². The number of halogens is 2. The number of benzene rings is 1. The third kappa shape index (κ3) is 4.21. The first kappa shape index (κ1) is 21.2. The summed E-state index contributed by atoms with van der Waals surface area (Å²) in [5, 5.41) is 0. The lowest BCUT2D eigenvalue weighted by atomic mass is 10.1. The Labute approximate surface area is 186 Å². The van der Waals surface area contributed by atoms with Crippen molar-refractivity contribution in [2.45, 2.75) is 26.3 Å². The van der Waals surface area contributed by atoms with Gasteiger partial charge in [0.05, 0.1) is 12.4 Å². The number of rotatable bonds is 7. The molecule has 9 nitrogen and oxygen atoms in total. The summed E-state index contributed by atoms with van der Waals surface area (Å²) in [6.45, 7) is 2.56. The standard InChI is InChI=1S/C18H20FIN6O3S/c1-2-30(27,28)22-4-5-26-14(23-15-16(21)24-18(19)25-17(15)26)9-11-8-13-10(3-6-29-13)7-12(11)20/h7-8,22H,2-6,9H2,1H3,(H2,21,24,25). The monoisotopic (exact) mass is 546 g/mol. The minimum atomic E-state index is -3.36. The van der Waals surface area contributed by atoms with Crippen LogP contribution in [0.5, 0.6) is 5.75 Å². The van der Waals surface area contributed by atoms with Crippen molar-refractivity contribution < 1.29 is 17.5 Å². The zero-order chi connectivity index (χ0) is 21.5. The van der Waals surface area contributed by atoms with Crippen LogP contribution in [0.3, 0.4) is 0 Å². The van der Waals surface area contributed by atoms with Crippen LogP contribution < -0.4 is 15.2 Å². The minimum absolute atomic E-state index is 0.0262. The Hall–Kier alpha value is -2.06. The number of nitrogens with zero attached hydrogens (tertiary/aromatic N) is 4. The number of nitrogens with one attached hydrogen (secondary N) is 1. The van der Waals surface area contributed by atoms with Gasteiger partial charge in [0, 0.05) is 29.5 Å². The average Bonchev–Trinajstić information content (AvgIpc) is 3.27. The first-order valence-electron chi connectivity index (χ1n) is 9.37. The molecule has 0 aliphatic carbocycles. The molecular formula is C18H20FIN6O3S. The van der Waals surface area contributed by atoms with Gasteiger partial charge in [0.25, 0.3) is 0 Å². The van der Waals surface area contributed by atoms with E-state index < -0.39 is 16.1 Å². The Morgan fingerprint density at radius 2 is 2.13 bits per heavy atom. The fourth-order valence-electron chi connectivity index (χ4n) is 3.37. The average molecular weight is 546 g/mol. The van der Waals surface area contributed by atoms with Crippen LogP contribution in [0.25, 0.3) is 11.2 Å². The number of nitrogen functional groups attached to an aromatic ring is 1. The molecule has 0 saturated heterocycles. The quantitative estimate of drug-likeness (QED) is 0.341. The maximum Gasteiger partial charge on any atom is 0.312 e. The van der Waals surface area contributed by atoms with E-state index in [1.807, 2.05) is 6.07 Å². The molecule has 1 aromatic carbocycles. The van der Waals surface area contributed by atoms with Crippen molar-refractivity contribution in [2.75, 3.05) is 24.6 Å². The zero-order valence-corrected chi connectivity index (χ0v) is 19.1. The lowest BCUT2D eigenvalue weighted by Gasteiger charge is -2.11. The number of sulfonamides is 1. The van der Waals surface area contributed by atoms with Crippen LogP contribution in [0.15, 0.2) is 12.1 Å². The van der Waals surface area contributed by atoms with Crippen molar-refractivity contribution >= 4 is 49.6 Å². The highest BCUT2D eigenvalue weighted by Crippen LogP contribution is 2.31. The van der Waals surface area contributed by atoms with Gasteiger partial charge in [0.2, 0.25) is 10.0 Å². The van der Waals surface area contributed by atoms with Crippen LogP contribution in [0.2, 0.25) is 0 Å². The Bertz CT molecular complexity index is 1230. The van der Waals surface area contributed by atoms with Crippen LogP contribution in [-0.4, -0.2) is 46.8 Å². The highest BCUT2D eigenvalue weighted by molar-refractivity contribution is 14.1. The normalized spacial score (nSPS) is 13.6. The maximum atomic E-state index is 13.8. The van der Waals surface area contributed by atoms with E-state index in [1.165, 1.54) is 5.56 Å². The second-order valence-electron chi connectivity index (χ2n) is 6.85. The molecule has 1 aliphatic heterocycles. The van der Waals surface area contributed by atoms with Crippen molar-refractivity contribution in [3.8, 4) is 5.75 Å². The maximum absolute atomic E-state index is 13.8. The fourth-order valence-corrected chi connectivity index (χ4v) is 4.70. The van der Waals surface area contributed by atoms with Gasteiger partial charge in [-0.3, -0.25) is 0 Å². The molecule has 0 unspecified atom stereocenters. The number of nitrogens with two attached hydrogens (primary N) is 1. The van der Waals surface area contributed by atoms with E-state index in [4.69, 9.17) is 10.5 Å². The number of hydrogen-bond donors (Lipinski definition) is 2. The molecule has 0 saturated carbocycles. The van der Waals surface area contributed by atoms with Gasteiger partial charge in [-0.25, -0.2) is 18.1 Å². The van der Waals surface area contributed by atoms with Gasteiger partial charge in [-0.2, -0.15) is 14.4 Å². The zero-order valence-electron chi connectivity index (χ0n) is 16.2. The van der Waals surface area contributed by atoms with E-state index in [0.29, 0.717) is 18.9 Å².